The summed E-state index contributed by atoms with van der Waals surface area (Å²) in [7, 11) is 0. The molecule has 0 radical (unpaired) electrons. The molecule has 1 saturated carbocycles. The number of nitrogens with one attached hydrogen (secondary N) is 1. The second-order valence-corrected chi connectivity index (χ2v) is 7.67. The fraction of sp³-hybridized carbons (Fsp3) is 0.529. The van der Waals surface area contributed by atoms with Gasteiger partial charge in [-0.2, -0.15) is 0 Å². The first-order valence-electron chi connectivity index (χ1n) is 8.41. The van der Waals surface area contributed by atoms with Crippen LogP contribution >= 0.6 is 11.3 Å². The number of likely N-dealkylation sites (tertiary alicyclic amines) is 1. The van der Waals surface area contributed by atoms with Gasteiger partial charge in [0.25, 0.3) is 5.56 Å². The number of rotatable bonds is 3. The molecule has 0 bridgehead atoms. The molecule has 1 aliphatic carbocycles. The maximum Gasteiger partial charge on any atom is 0.251 e. The highest BCUT2D eigenvalue weighted by Gasteiger charge is 2.42. The van der Waals surface area contributed by atoms with Gasteiger partial charge in [-0.1, -0.05) is 6.92 Å². The third-order valence-corrected chi connectivity index (χ3v) is 5.83. The van der Waals surface area contributed by atoms with Crippen LogP contribution in [0.2, 0.25) is 0 Å². The molecule has 2 fully saturated rings. The molecule has 2 aliphatic rings. The lowest BCUT2D eigenvalue weighted by Gasteiger charge is -2.31. The standard InChI is InChI=1S/C17H20N4O2S/c1-10-8-12(10)17(23)21-5-2-11(3-6-21)15-19-13(9-14(22)20-15)16-18-4-7-24-16/h4,7,9-12H,2-3,5-6,8H2,1H3,(H,19,20,22)/t10-,12+/m0/s1. The van der Waals surface area contributed by atoms with Crippen molar-refractivity contribution in [3.05, 3.63) is 33.8 Å². The fourth-order valence-corrected chi connectivity index (χ4v) is 4.00. The van der Waals surface area contributed by atoms with Crippen LogP contribution in [0, 0.1) is 11.8 Å². The van der Waals surface area contributed by atoms with Gasteiger partial charge in [0, 0.05) is 42.6 Å². The lowest BCUT2D eigenvalue weighted by molar-refractivity contribution is -0.133. The van der Waals surface area contributed by atoms with E-state index in [9.17, 15) is 9.59 Å². The molecule has 4 rings (SSSR count). The minimum absolute atomic E-state index is 0.143. The molecule has 0 unspecified atom stereocenters. The Morgan fingerprint density at radius 3 is 2.75 bits per heavy atom. The maximum absolute atomic E-state index is 12.3. The molecule has 2 atom stereocenters. The van der Waals surface area contributed by atoms with Gasteiger partial charge in [0.1, 0.15) is 16.5 Å². The minimum atomic E-state index is -0.143. The van der Waals surface area contributed by atoms with E-state index < -0.39 is 0 Å². The number of hydrogen-bond donors (Lipinski definition) is 1. The van der Waals surface area contributed by atoms with Crippen molar-refractivity contribution in [1.29, 1.82) is 0 Å². The lowest BCUT2D eigenvalue weighted by atomic mass is 9.95. The van der Waals surface area contributed by atoms with Crippen LogP contribution in [0.15, 0.2) is 22.4 Å². The first-order chi connectivity index (χ1) is 11.6. The Hall–Kier alpha value is -2.02. The summed E-state index contributed by atoms with van der Waals surface area (Å²) in [6.07, 6.45) is 4.43. The Labute approximate surface area is 144 Å². The zero-order chi connectivity index (χ0) is 16.7. The molecule has 1 N–H and O–H groups in total. The van der Waals surface area contributed by atoms with Gasteiger partial charge in [0.2, 0.25) is 5.91 Å². The zero-order valence-electron chi connectivity index (χ0n) is 13.6. The molecular weight excluding hydrogens is 324 g/mol. The van der Waals surface area contributed by atoms with E-state index in [-0.39, 0.29) is 17.4 Å². The number of carbonyl (C=O) groups excluding carboxylic acids is 1. The number of hydrogen-bond acceptors (Lipinski definition) is 5. The van der Waals surface area contributed by atoms with Crippen molar-refractivity contribution in [2.24, 2.45) is 11.8 Å². The SMILES string of the molecule is C[C@H]1C[C@H]1C(=O)N1CCC(c2nc(-c3nccs3)cc(=O)[nH]2)CC1. The number of nitrogens with zero attached hydrogens (tertiary/aromatic N) is 3. The summed E-state index contributed by atoms with van der Waals surface area (Å²) in [6, 6.07) is 1.50. The molecular formula is C17H20N4O2S. The molecule has 126 valence electrons. The molecule has 1 saturated heterocycles. The normalized spacial score (nSPS) is 24.1. The predicted octanol–water partition coefficient (Wildman–Crippen LogP) is 2.26. The van der Waals surface area contributed by atoms with E-state index in [0.717, 1.165) is 43.2 Å². The van der Waals surface area contributed by atoms with Gasteiger partial charge in [0.05, 0.1) is 0 Å². The van der Waals surface area contributed by atoms with E-state index in [4.69, 9.17) is 0 Å². The number of piperidine rings is 1. The lowest BCUT2D eigenvalue weighted by Crippen LogP contribution is -2.39. The summed E-state index contributed by atoms with van der Waals surface area (Å²) in [5.74, 6) is 2.01. The summed E-state index contributed by atoms with van der Waals surface area (Å²) >= 11 is 1.48. The third kappa shape index (κ3) is 3.00. The van der Waals surface area contributed by atoms with E-state index in [0.29, 0.717) is 17.5 Å². The molecule has 2 aromatic rings. The Bertz CT molecular complexity index is 793. The van der Waals surface area contributed by atoms with E-state index in [2.05, 4.69) is 21.9 Å². The van der Waals surface area contributed by atoms with Crippen molar-refractivity contribution < 1.29 is 4.79 Å². The van der Waals surface area contributed by atoms with Crippen molar-refractivity contribution >= 4 is 17.2 Å². The van der Waals surface area contributed by atoms with Crippen LogP contribution in [-0.4, -0.2) is 38.8 Å². The summed E-state index contributed by atoms with van der Waals surface area (Å²) in [5, 5.41) is 2.64. The number of aromatic amines is 1. The average molecular weight is 344 g/mol. The Morgan fingerprint density at radius 1 is 1.38 bits per heavy atom. The quantitative estimate of drug-likeness (QED) is 0.926. The van der Waals surface area contributed by atoms with Gasteiger partial charge in [-0.3, -0.25) is 9.59 Å². The Balaban J connectivity index is 1.47. The van der Waals surface area contributed by atoms with Crippen molar-refractivity contribution in [2.75, 3.05) is 13.1 Å². The van der Waals surface area contributed by atoms with Gasteiger partial charge < -0.3 is 9.88 Å². The molecule has 2 aromatic heterocycles. The summed E-state index contributed by atoms with van der Waals surface area (Å²) in [6.45, 7) is 3.63. The smallest absolute Gasteiger partial charge is 0.251 e. The summed E-state index contributed by atoms with van der Waals surface area (Å²) in [5.41, 5.74) is 0.490. The number of aromatic nitrogens is 3. The number of thiazole rings is 1. The largest absolute Gasteiger partial charge is 0.342 e. The van der Waals surface area contributed by atoms with Crippen LogP contribution in [0.25, 0.3) is 10.7 Å². The van der Waals surface area contributed by atoms with Gasteiger partial charge in [-0.15, -0.1) is 11.3 Å². The van der Waals surface area contributed by atoms with E-state index in [1.165, 1.54) is 17.4 Å². The first kappa shape index (κ1) is 15.5. The van der Waals surface area contributed by atoms with Crippen LogP contribution in [0.3, 0.4) is 0 Å². The van der Waals surface area contributed by atoms with Crippen molar-refractivity contribution in [3.8, 4) is 10.7 Å². The third-order valence-electron chi connectivity index (χ3n) is 5.03. The van der Waals surface area contributed by atoms with E-state index in [1.54, 1.807) is 6.20 Å². The molecule has 1 amide bonds. The van der Waals surface area contributed by atoms with Crippen LogP contribution in [-0.2, 0) is 4.79 Å². The zero-order valence-corrected chi connectivity index (χ0v) is 14.4. The highest BCUT2D eigenvalue weighted by molar-refractivity contribution is 7.13. The van der Waals surface area contributed by atoms with Crippen molar-refractivity contribution in [3.63, 3.8) is 0 Å². The number of carbonyl (C=O) groups is 1. The topological polar surface area (TPSA) is 79.0 Å². The van der Waals surface area contributed by atoms with Crippen molar-refractivity contribution in [2.45, 2.75) is 32.1 Å². The highest BCUT2D eigenvalue weighted by atomic mass is 32.1. The number of H-pyrrole nitrogens is 1. The van der Waals surface area contributed by atoms with E-state index in [1.807, 2.05) is 10.3 Å². The monoisotopic (exact) mass is 344 g/mol. The molecule has 7 heteroatoms. The van der Waals surface area contributed by atoms with Crippen molar-refractivity contribution in [1.82, 2.24) is 19.9 Å². The molecule has 3 heterocycles. The first-order valence-corrected chi connectivity index (χ1v) is 9.29. The maximum atomic E-state index is 12.3. The highest BCUT2D eigenvalue weighted by Crippen LogP contribution is 2.40. The molecule has 0 spiro atoms. The Kier molecular flexibility index (Phi) is 3.96. The predicted molar refractivity (Wildman–Crippen MR) is 91.8 cm³/mol. The second-order valence-electron chi connectivity index (χ2n) is 6.77. The Morgan fingerprint density at radius 2 is 2.12 bits per heavy atom. The van der Waals surface area contributed by atoms with Crippen LogP contribution in [0.1, 0.15) is 37.9 Å². The fourth-order valence-electron chi connectivity index (χ4n) is 3.40. The molecule has 24 heavy (non-hydrogen) atoms. The minimum Gasteiger partial charge on any atom is -0.342 e. The second kappa shape index (κ2) is 6.12. The summed E-state index contributed by atoms with van der Waals surface area (Å²) in [4.78, 5) is 38.0. The van der Waals surface area contributed by atoms with Gasteiger partial charge >= 0.3 is 0 Å². The molecule has 6 nitrogen and oxygen atoms in total. The van der Waals surface area contributed by atoms with Gasteiger partial charge in [-0.05, 0) is 25.2 Å². The summed E-state index contributed by atoms with van der Waals surface area (Å²) < 4.78 is 0. The molecule has 1 aliphatic heterocycles. The van der Waals surface area contributed by atoms with Crippen LogP contribution in [0.5, 0.6) is 0 Å². The average Bonchev–Trinajstić information content (AvgIpc) is 3.10. The van der Waals surface area contributed by atoms with Gasteiger partial charge in [0.15, 0.2) is 0 Å². The van der Waals surface area contributed by atoms with E-state index >= 15 is 0 Å². The van der Waals surface area contributed by atoms with Gasteiger partial charge in [-0.25, -0.2) is 9.97 Å². The number of amides is 1. The van der Waals surface area contributed by atoms with Crippen LogP contribution in [0.4, 0.5) is 0 Å². The molecule has 0 aromatic carbocycles. The van der Waals surface area contributed by atoms with Crippen LogP contribution < -0.4 is 5.56 Å².